The van der Waals surface area contributed by atoms with Gasteiger partial charge in [0.15, 0.2) is 0 Å². The lowest BCUT2D eigenvalue weighted by atomic mass is 9.94. The molecule has 0 bridgehead atoms. The summed E-state index contributed by atoms with van der Waals surface area (Å²) >= 11 is 0. The van der Waals surface area contributed by atoms with E-state index in [4.69, 9.17) is 0 Å². The number of rotatable bonds is 5. The zero-order chi connectivity index (χ0) is 33.9. The number of imidazole rings is 1. The number of fused-ring (bicyclic) bond motifs is 4. The summed E-state index contributed by atoms with van der Waals surface area (Å²) in [6.45, 7) is 4.60. The van der Waals surface area contributed by atoms with E-state index in [-0.39, 0.29) is 0 Å². The summed E-state index contributed by atoms with van der Waals surface area (Å²) in [6, 6.07) is 53.3. The number of para-hydroxylation sites is 3. The first-order chi connectivity index (χ1) is 24.5. The van der Waals surface area contributed by atoms with Gasteiger partial charge in [0.25, 0.3) is 0 Å². The number of anilines is 5. The van der Waals surface area contributed by atoms with Crippen molar-refractivity contribution in [3.8, 4) is 11.1 Å². The van der Waals surface area contributed by atoms with Crippen LogP contribution in [0, 0.1) is 13.8 Å². The van der Waals surface area contributed by atoms with Crippen molar-refractivity contribution in [2.24, 2.45) is 7.05 Å². The minimum Gasteiger partial charge on any atom is -0.341 e. The van der Waals surface area contributed by atoms with Crippen LogP contribution in [0.4, 0.5) is 28.4 Å². The number of nitrogens with zero attached hydrogens (tertiary/aromatic N) is 4. The molecule has 0 aliphatic carbocycles. The van der Waals surface area contributed by atoms with E-state index in [1.165, 1.54) is 77.4 Å². The van der Waals surface area contributed by atoms with Crippen LogP contribution in [0.2, 0.25) is 0 Å². The first kappa shape index (κ1) is 30.4. The molecule has 242 valence electrons. The van der Waals surface area contributed by atoms with Gasteiger partial charge < -0.3 is 14.4 Å². The number of hydrogen-bond donors (Lipinski definition) is 0. The Morgan fingerprint density at radius 1 is 0.540 bits per heavy atom. The lowest BCUT2D eigenvalue weighted by Crippen LogP contribution is -2.27. The third-order valence-corrected chi connectivity index (χ3v) is 12.7. The maximum absolute atomic E-state index is 4.67. The summed E-state index contributed by atoms with van der Waals surface area (Å²) in [7, 11) is 3.48. The zero-order valence-corrected chi connectivity index (χ0v) is 29.6. The molecule has 0 radical (unpaired) electrons. The van der Waals surface area contributed by atoms with E-state index in [2.05, 4.69) is 193 Å². The molecule has 0 saturated heterocycles. The minimum atomic E-state index is -0.805. The Bertz CT molecular complexity index is 2520. The topological polar surface area (TPSA) is 24.3 Å². The molecule has 2 heterocycles. The highest BCUT2D eigenvalue weighted by molar-refractivity contribution is 7.80. The fraction of sp³-hybridized carbons (Fsp3) is 0.0889. The van der Waals surface area contributed by atoms with Crippen molar-refractivity contribution < 1.29 is 0 Å². The molecular weight excluding hydrogens is 627 g/mol. The van der Waals surface area contributed by atoms with Gasteiger partial charge in [0.2, 0.25) is 0 Å². The Morgan fingerprint density at radius 3 is 1.90 bits per heavy atom. The maximum Gasteiger partial charge on any atom is 0.0955 e. The van der Waals surface area contributed by atoms with Crippen molar-refractivity contribution in [3.63, 3.8) is 0 Å². The molecule has 0 atom stereocenters. The van der Waals surface area contributed by atoms with Crippen molar-refractivity contribution >= 4 is 74.1 Å². The summed E-state index contributed by atoms with van der Waals surface area (Å²) in [6.07, 6.45) is 1.91. The third-order valence-electron chi connectivity index (χ3n) is 10.3. The van der Waals surface area contributed by atoms with Crippen molar-refractivity contribution in [2.75, 3.05) is 16.8 Å². The van der Waals surface area contributed by atoms with Crippen molar-refractivity contribution in [1.82, 2.24) is 9.55 Å². The van der Waals surface area contributed by atoms with Crippen LogP contribution >= 0.6 is 7.92 Å². The average molecular weight is 665 g/mol. The van der Waals surface area contributed by atoms with E-state index in [1.807, 2.05) is 6.33 Å². The Hall–Kier alpha value is -5.70. The quantitative estimate of drug-likeness (QED) is 0.171. The molecular formula is C45H37N4P. The standard InChI is InChI=1S/C45H37N4P/c1-30-35(36-22-14-23-37-45(36)47(3)29-46-37)21-15-26-38(30)49-40-25-12-11-24-39(40)48(4)41-28-32-16-13-27-42(43(32)31(2)44(41)49)50(33-17-7-5-8-18-33)34-19-9-6-10-20-34/h5-29H,1-4H3. The van der Waals surface area contributed by atoms with E-state index in [9.17, 15) is 0 Å². The largest absolute Gasteiger partial charge is 0.341 e. The van der Waals surface area contributed by atoms with Crippen LogP contribution in [0.15, 0.2) is 152 Å². The Labute approximate surface area is 294 Å². The van der Waals surface area contributed by atoms with Gasteiger partial charge in [0.05, 0.1) is 40.1 Å². The summed E-state index contributed by atoms with van der Waals surface area (Å²) in [5, 5.41) is 6.68. The third kappa shape index (κ3) is 4.67. The van der Waals surface area contributed by atoms with E-state index in [0.717, 1.165) is 11.0 Å². The molecule has 0 unspecified atom stereocenters. The number of aryl methyl sites for hydroxylation is 2. The summed E-state index contributed by atoms with van der Waals surface area (Å²) in [5.41, 5.74) is 13.0. The Balaban J connectivity index is 1.33. The fourth-order valence-corrected chi connectivity index (χ4v) is 10.5. The molecule has 0 fully saturated rings. The second-order valence-corrected chi connectivity index (χ2v) is 15.3. The van der Waals surface area contributed by atoms with Crippen LogP contribution in [-0.4, -0.2) is 16.6 Å². The van der Waals surface area contributed by atoms with Crippen molar-refractivity contribution in [3.05, 3.63) is 163 Å². The van der Waals surface area contributed by atoms with Gasteiger partial charge in [0, 0.05) is 25.3 Å². The van der Waals surface area contributed by atoms with Gasteiger partial charge >= 0.3 is 0 Å². The highest BCUT2D eigenvalue weighted by Gasteiger charge is 2.32. The SMILES string of the molecule is Cc1c(-c2cccc3ncn(C)c23)cccc1N1c2ccccc2N(C)c2cc3cccc(P(c4ccccc4)c4ccccc4)c3c(C)c21. The number of hydrogen-bond acceptors (Lipinski definition) is 3. The van der Waals surface area contributed by atoms with E-state index < -0.39 is 7.92 Å². The Morgan fingerprint density at radius 2 is 1.16 bits per heavy atom. The summed E-state index contributed by atoms with van der Waals surface area (Å²) in [4.78, 5) is 9.56. The number of benzene rings is 7. The number of aromatic nitrogens is 2. The maximum atomic E-state index is 4.67. The second kappa shape index (κ2) is 12.0. The van der Waals surface area contributed by atoms with Gasteiger partial charge in [-0.15, -0.1) is 0 Å². The minimum absolute atomic E-state index is 0.805. The van der Waals surface area contributed by atoms with Crippen molar-refractivity contribution in [1.29, 1.82) is 0 Å². The molecule has 0 saturated carbocycles. The highest BCUT2D eigenvalue weighted by atomic mass is 31.1. The first-order valence-corrected chi connectivity index (χ1v) is 18.4. The van der Waals surface area contributed by atoms with Crippen LogP contribution in [0.5, 0.6) is 0 Å². The summed E-state index contributed by atoms with van der Waals surface area (Å²) in [5.74, 6) is 0. The highest BCUT2D eigenvalue weighted by Crippen LogP contribution is 2.55. The molecule has 1 aliphatic heterocycles. The predicted octanol–water partition coefficient (Wildman–Crippen LogP) is 10.3. The molecule has 1 aliphatic rings. The van der Waals surface area contributed by atoms with Crippen LogP contribution in [-0.2, 0) is 7.05 Å². The molecule has 0 N–H and O–H groups in total. The second-order valence-electron chi connectivity index (χ2n) is 13.1. The zero-order valence-electron chi connectivity index (χ0n) is 28.7. The Kier molecular flexibility index (Phi) is 7.30. The van der Waals surface area contributed by atoms with Crippen molar-refractivity contribution in [2.45, 2.75) is 13.8 Å². The average Bonchev–Trinajstić information content (AvgIpc) is 3.54. The molecule has 7 aromatic carbocycles. The molecule has 0 spiro atoms. The normalized spacial score (nSPS) is 12.5. The van der Waals surface area contributed by atoms with Crippen LogP contribution < -0.4 is 25.7 Å². The molecule has 5 heteroatoms. The van der Waals surface area contributed by atoms with Crippen LogP contribution in [0.3, 0.4) is 0 Å². The molecule has 8 aromatic rings. The van der Waals surface area contributed by atoms with Gasteiger partial charge in [-0.2, -0.15) is 0 Å². The molecule has 4 nitrogen and oxygen atoms in total. The van der Waals surface area contributed by atoms with Gasteiger partial charge in [-0.1, -0.05) is 115 Å². The molecule has 1 aromatic heterocycles. The fourth-order valence-electron chi connectivity index (χ4n) is 7.94. The lowest BCUT2D eigenvalue weighted by molar-refractivity contribution is 0.948. The van der Waals surface area contributed by atoms with E-state index in [1.54, 1.807) is 0 Å². The summed E-state index contributed by atoms with van der Waals surface area (Å²) < 4.78 is 2.13. The molecule has 9 rings (SSSR count). The van der Waals surface area contributed by atoms with Gasteiger partial charge in [-0.25, -0.2) is 4.98 Å². The molecule has 0 amide bonds. The van der Waals surface area contributed by atoms with Crippen LogP contribution in [0.25, 0.3) is 32.9 Å². The van der Waals surface area contributed by atoms with Gasteiger partial charge in [-0.3, -0.25) is 0 Å². The van der Waals surface area contributed by atoms with E-state index in [0.29, 0.717) is 0 Å². The monoisotopic (exact) mass is 664 g/mol. The first-order valence-electron chi connectivity index (χ1n) is 17.1. The van der Waals surface area contributed by atoms with Gasteiger partial charge in [0.1, 0.15) is 0 Å². The smallest absolute Gasteiger partial charge is 0.0955 e. The predicted molar refractivity (Wildman–Crippen MR) is 215 cm³/mol. The van der Waals surface area contributed by atoms with Gasteiger partial charge in [-0.05, 0) is 95.5 Å². The van der Waals surface area contributed by atoms with E-state index >= 15 is 0 Å². The van der Waals surface area contributed by atoms with Crippen LogP contribution in [0.1, 0.15) is 11.1 Å². The lowest BCUT2D eigenvalue weighted by Gasteiger charge is -2.41. The molecule has 50 heavy (non-hydrogen) atoms.